The number of hydrogen-bond acceptors (Lipinski definition) is 4. The van der Waals surface area contributed by atoms with Gasteiger partial charge in [0.05, 0.1) is 11.7 Å². The molecule has 0 bridgehead atoms. The Balaban J connectivity index is 1.58. The Hall–Kier alpha value is -3.09. The molecule has 0 saturated heterocycles. The highest BCUT2D eigenvalue weighted by molar-refractivity contribution is 5.92. The maximum atomic E-state index is 12.4. The number of nitrogens with one attached hydrogen (secondary N) is 1. The quantitative estimate of drug-likeness (QED) is 0.709. The van der Waals surface area contributed by atoms with Gasteiger partial charge in [-0.1, -0.05) is 18.2 Å². The summed E-state index contributed by atoms with van der Waals surface area (Å²) < 4.78 is 9.16. The van der Waals surface area contributed by atoms with Gasteiger partial charge in [0.25, 0.3) is 5.91 Å². The van der Waals surface area contributed by atoms with E-state index in [4.69, 9.17) is 4.74 Å². The molecule has 3 rings (SSSR count). The molecule has 0 spiro atoms. The van der Waals surface area contributed by atoms with Crippen molar-refractivity contribution in [3.05, 3.63) is 65.7 Å². The largest absolute Gasteiger partial charge is 0.471 e. The third kappa shape index (κ3) is 4.11. The van der Waals surface area contributed by atoms with Gasteiger partial charge >= 0.3 is 0 Å². The highest BCUT2D eigenvalue weighted by Gasteiger charge is 2.15. The molecule has 1 aromatic carbocycles. The molecular formula is C19H23N5O2. The lowest BCUT2D eigenvalue weighted by molar-refractivity contribution is 0.0932. The number of aromatic nitrogens is 4. The molecule has 0 aliphatic rings. The Morgan fingerprint density at radius 1 is 1.15 bits per heavy atom. The van der Waals surface area contributed by atoms with Crippen LogP contribution < -0.4 is 10.1 Å². The summed E-state index contributed by atoms with van der Waals surface area (Å²) in [5, 5.41) is 11.6. The fourth-order valence-corrected chi connectivity index (χ4v) is 2.54. The van der Waals surface area contributed by atoms with Crippen molar-refractivity contribution < 1.29 is 9.53 Å². The second-order valence-corrected chi connectivity index (χ2v) is 6.07. The van der Waals surface area contributed by atoms with Crippen molar-refractivity contribution in [2.24, 2.45) is 0 Å². The molecule has 1 atom stereocenters. The minimum absolute atomic E-state index is 0.191. The van der Waals surface area contributed by atoms with Gasteiger partial charge in [0.1, 0.15) is 11.4 Å². The van der Waals surface area contributed by atoms with Gasteiger partial charge in [-0.05, 0) is 44.5 Å². The van der Waals surface area contributed by atoms with Gasteiger partial charge in [0.2, 0.25) is 0 Å². The van der Waals surface area contributed by atoms with E-state index < -0.39 is 0 Å². The van der Waals surface area contributed by atoms with E-state index in [1.807, 2.05) is 62.0 Å². The number of amides is 1. The van der Waals surface area contributed by atoms with Gasteiger partial charge < -0.3 is 10.1 Å². The minimum Gasteiger partial charge on any atom is -0.471 e. The van der Waals surface area contributed by atoms with Crippen LogP contribution in [0.25, 0.3) is 0 Å². The first kappa shape index (κ1) is 17.7. The summed E-state index contributed by atoms with van der Waals surface area (Å²) in [5.74, 6) is 0.562. The lowest BCUT2D eigenvalue weighted by Gasteiger charge is -2.10. The lowest BCUT2D eigenvalue weighted by Crippen LogP contribution is -2.27. The van der Waals surface area contributed by atoms with Crippen LogP contribution in [-0.2, 0) is 13.3 Å². The van der Waals surface area contributed by atoms with Crippen LogP contribution in [0.15, 0.2) is 48.8 Å². The molecular weight excluding hydrogens is 330 g/mol. The Morgan fingerprint density at radius 2 is 1.92 bits per heavy atom. The van der Waals surface area contributed by atoms with E-state index in [9.17, 15) is 4.79 Å². The average Bonchev–Trinajstić information content (AvgIpc) is 3.30. The molecule has 7 nitrogen and oxygen atoms in total. The van der Waals surface area contributed by atoms with E-state index in [2.05, 4.69) is 15.5 Å². The van der Waals surface area contributed by atoms with Crippen LogP contribution in [0.3, 0.4) is 0 Å². The predicted octanol–water partition coefficient (Wildman–Crippen LogP) is 2.94. The van der Waals surface area contributed by atoms with Gasteiger partial charge in [-0.25, -0.2) is 4.68 Å². The number of aryl methyl sites for hydroxylation is 2. The molecule has 2 heterocycles. The molecule has 0 saturated carbocycles. The standard InChI is InChI=1S/C19H23N5O2/c1-4-23-11-9-16(21-23)15(3)20-19(25)17-10-12-24(22-17)13-26-18-8-6-5-7-14(18)2/h5-12,15H,4,13H2,1-3H3,(H,20,25). The summed E-state index contributed by atoms with van der Waals surface area (Å²) in [6.07, 6.45) is 3.62. The number of rotatable bonds is 7. The van der Waals surface area contributed by atoms with E-state index in [1.165, 1.54) is 0 Å². The van der Waals surface area contributed by atoms with Crippen LogP contribution in [0.5, 0.6) is 5.75 Å². The molecule has 3 aromatic rings. The number of hydrogen-bond donors (Lipinski definition) is 1. The molecule has 136 valence electrons. The summed E-state index contributed by atoms with van der Waals surface area (Å²) in [6, 6.07) is 11.2. The number of para-hydroxylation sites is 1. The molecule has 0 aliphatic heterocycles. The van der Waals surface area contributed by atoms with Gasteiger partial charge in [-0.3, -0.25) is 9.48 Å². The van der Waals surface area contributed by atoms with Gasteiger partial charge in [-0.15, -0.1) is 0 Å². The number of nitrogens with zero attached hydrogens (tertiary/aromatic N) is 4. The van der Waals surface area contributed by atoms with Gasteiger partial charge in [-0.2, -0.15) is 10.2 Å². The first-order valence-corrected chi connectivity index (χ1v) is 8.63. The van der Waals surface area contributed by atoms with Crippen molar-refractivity contribution >= 4 is 5.91 Å². The zero-order valence-corrected chi connectivity index (χ0v) is 15.2. The highest BCUT2D eigenvalue weighted by atomic mass is 16.5. The van der Waals surface area contributed by atoms with Crippen molar-refractivity contribution in [1.29, 1.82) is 0 Å². The summed E-state index contributed by atoms with van der Waals surface area (Å²) >= 11 is 0. The first-order chi connectivity index (χ1) is 12.6. The molecule has 26 heavy (non-hydrogen) atoms. The van der Waals surface area contributed by atoms with Crippen molar-refractivity contribution in [2.45, 2.75) is 40.1 Å². The number of ether oxygens (including phenoxy) is 1. The van der Waals surface area contributed by atoms with Crippen molar-refractivity contribution in [3.63, 3.8) is 0 Å². The Bertz CT molecular complexity index is 883. The molecule has 1 N–H and O–H groups in total. The molecule has 1 amide bonds. The SMILES string of the molecule is CCn1ccc(C(C)NC(=O)c2ccn(COc3ccccc3C)n2)n1. The van der Waals surface area contributed by atoms with Crippen molar-refractivity contribution in [1.82, 2.24) is 24.9 Å². The summed E-state index contributed by atoms with van der Waals surface area (Å²) in [6.45, 7) is 6.95. The summed E-state index contributed by atoms with van der Waals surface area (Å²) in [5.41, 5.74) is 2.22. The Kier molecular flexibility index (Phi) is 5.36. The molecule has 0 fully saturated rings. The highest BCUT2D eigenvalue weighted by Crippen LogP contribution is 2.16. The van der Waals surface area contributed by atoms with E-state index in [-0.39, 0.29) is 18.7 Å². The predicted molar refractivity (Wildman–Crippen MR) is 97.8 cm³/mol. The van der Waals surface area contributed by atoms with Crippen LogP contribution in [0, 0.1) is 6.92 Å². The zero-order chi connectivity index (χ0) is 18.5. The number of carbonyl (C=O) groups excluding carboxylic acids is 1. The topological polar surface area (TPSA) is 74.0 Å². The Labute approximate surface area is 152 Å². The fraction of sp³-hybridized carbons (Fsp3) is 0.316. The molecule has 0 aliphatic carbocycles. The smallest absolute Gasteiger partial charge is 0.272 e. The monoisotopic (exact) mass is 353 g/mol. The third-order valence-electron chi connectivity index (χ3n) is 4.10. The van der Waals surface area contributed by atoms with E-state index >= 15 is 0 Å². The summed E-state index contributed by atoms with van der Waals surface area (Å²) in [7, 11) is 0. The van der Waals surface area contributed by atoms with Gasteiger partial charge in [0, 0.05) is 18.9 Å². The molecule has 7 heteroatoms. The third-order valence-corrected chi connectivity index (χ3v) is 4.10. The maximum absolute atomic E-state index is 12.4. The fourth-order valence-electron chi connectivity index (χ4n) is 2.54. The van der Waals surface area contributed by atoms with E-state index in [1.54, 1.807) is 16.9 Å². The van der Waals surface area contributed by atoms with Crippen LogP contribution in [-0.4, -0.2) is 25.5 Å². The first-order valence-electron chi connectivity index (χ1n) is 8.63. The van der Waals surface area contributed by atoms with Crippen molar-refractivity contribution in [2.75, 3.05) is 0 Å². The van der Waals surface area contributed by atoms with Crippen LogP contribution in [0.1, 0.15) is 41.6 Å². The van der Waals surface area contributed by atoms with Crippen LogP contribution in [0.2, 0.25) is 0 Å². The van der Waals surface area contributed by atoms with Crippen LogP contribution >= 0.6 is 0 Å². The molecule has 1 unspecified atom stereocenters. The maximum Gasteiger partial charge on any atom is 0.272 e. The second-order valence-electron chi connectivity index (χ2n) is 6.07. The molecule has 0 radical (unpaired) electrons. The lowest BCUT2D eigenvalue weighted by atomic mass is 10.2. The van der Waals surface area contributed by atoms with Crippen molar-refractivity contribution in [3.8, 4) is 5.75 Å². The average molecular weight is 353 g/mol. The van der Waals surface area contributed by atoms with E-state index in [0.717, 1.165) is 23.6 Å². The molecule has 2 aromatic heterocycles. The minimum atomic E-state index is -0.238. The van der Waals surface area contributed by atoms with Crippen LogP contribution in [0.4, 0.5) is 0 Å². The second kappa shape index (κ2) is 7.86. The zero-order valence-electron chi connectivity index (χ0n) is 15.2. The van der Waals surface area contributed by atoms with E-state index in [0.29, 0.717) is 5.69 Å². The van der Waals surface area contributed by atoms with Gasteiger partial charge in [0.15, 0.2) is 6.73 Å². The summed E-state index contributed by atoms with van der Waals surface area (Å²) in [4.78, 5) is 12.4. The normalized spacial score (nSPS) is 12.0. The Morgan fingerprint density at radius 3 is 2.65 bits per heavy atom. The number of benzene rings is 1. The number of carbonyl (C=O) groups is 1.